The van der Waals surface area contributed by atoms with Crippen LogP contribution in [0.15, 0.2) is 27.9 Å². The number of rotatable bonds is 8. The van der Waals surface area contributed by atoms with Crippen molar-refractivity contribution < 1.29 is 19.1 Å². The van der Waals surface area contributed by atoms with Crippen molar-refractivity contribution in [2.45, 2.75) is 20.4 Å². The third-order valence-corrected chi connectivity index (χ3v) is 5.54. The maximum atomic E-state index is 12.5. The molecule has 3 aromatic heterocycles. The fraction of sp³-hybridized carbons (Fsp3) is 0.211. The minimum atomic E-state index is -0.646. The number of nitrogens with one attached hydrogen (secondary N) is 1. The lowest BCUT2D eigenvalue weighted by atomic mass is 10.1. The molecule has 1 amide bonds. The van der Waals surface area contributed by atoms with Gasteiger partial charge in [-0.3, -0.25) is 4.79 Å². The Morgan fingerprint density at radius 3 is 2.78 bits per heavy atom. The summed E-state index contributed by atoms with van der Waals surface area (Å²) in [7, 11) is 1.50. The number of ether oxygens (including phenoxy) is 1. The molecule has 3 N–H and O–H groups in total. The summed E-state index contributed by atoms with van der Waals surface area (Å²) < 4.78 is 12.5. The zero-order valence-electron chi connectivity index (χ0n) is 19.0. The van der Waals surface area contributed by atoms with Gasteiger partial charge < -0.3 is 20.6 Å². The number of aromatic nitrogens is 7. The molecular weight excluding hydrogens is 498 g/mol. The molecule has 36 heavy (non-hydrogen) atoms. The van der Waals surface area contributed by atoms with Gasteiger partial charge in [0.1, 0.15) is 5.75 Å². The Morgan fingerprint density at radius 2 is 2.14 bits per heavy atom. The number of hydrogen-bond donors (Lipinski definition) is 2. The van der Waals surface area contributed by atoms with Crippen molar-refractivity contribution in [3.8, 4) is 11.6 Å². The molecule has 186 valence electrons. The zero-order chi connectivity index (χ0) is 26.0. The van der Waals surface area contributed by atoms with Crippen molar-refractivity contribution in [1.82, 2.24) is 40.5 Å². The van der Waals surface area contributed by atoms with Crippen LogP contribution < -0.4 is 15.9 Å². The molecule has 0 spiro atoms. The van der Waals surface area contributed by atoms with E-state index in [0.717, 1.165) is 0 Å². The monoisotopic (exact) mass is 515 g/mol. The average molecular weight is 516 g/mol. The molecule has 0 aliphatic carbocycles. The number of hydrogen-bond acceptors (Lipinski definition) is 12. The molecule has 17 heteroatoms. The molecule has 0 fully saturated rings. The second-order valence-corrected chi connectivity index (χ2v) is 7.69. The van der Waals surface area contributed by atoms with E-state index in [1.807, 2.05) is 0 Å². The Bertz CT molecular complexity index is 1490. The van der Waals surface area contributed by atoms with Crippen LogP contribution in [0.4, 0.5) is 11.6 Å². The van der Waals surface area contributed by atoms with Gasteiger partial charge >= 0.3 is 5.82 Å². The van der Waals surface area contributed by atoms with Crippen LogP contribution >= 0.6 is 11.6 Å². The van der Waals surface area contributed by atoms with Gasteiger partial charge in [0.15, 0.2) is 10.7 Å². The number of anilines is 1. The quantitative estimate of drug-likeness (QED) is 0.195. The molecule has 0 radical (unpaired) electrons. The fourth-order valence-corrected chi connectivity index (χ4v) is 3.44. The molecule has 0 aliphatic heterocycles. The zero-order valence-corrected chi connectivity index (χ0v) is 19.8. The third kappa shape index (κ3) is 4.56. The number of carbonyl (C=O) groups excluding carboxylic acids is 1. The Balaban J connectivity index is 1.51. The van der Waals surface area contributed by atoms with Gasteiger partial charge in [0.25, 0.3) is 5.91 Å². The summed E-state index contributed by atoms with van der Waals surface area (Å²) in [5.74, 6) is -0.423. The molecule has 16 nitrogen and oxygen atoms in total. The molecule has 1 aromatic carbocycles. The minimum absolute atomic E-state index is 0.00222. The van der Waals surface area contributed by atoms with E-state index in [1.54, 1.807) is 32.0 Å². The van der Waals surface area contributed by atoms with Gasteiger partial charge in [-0.1, -0.05) is 16.8 Å². The van der Waals surface area contributed by atoms with Gasteiger partial charge in [-0.2, -0.15) is 14.5 Å². The van der Waals surface area contributed by atoms with Gasteiger partial charge in [0, 0.05) is 5.56 Å². The summed E-state index contributed by atoms with van der Waals surface area (Å²) in [5, 5.41) is 33.8. The number of hydrazone groups is 1. The van der Waals surface area contributed by atoms with Crippen LogP contribution in [-0.4, -0.2) is 59.2 Å². The highest BCUT2D eigenvalue weighted by Gasteiger charge is 2.24. The SMILES string of the molecule is COc1ccc(/C=N\NC(=O)c2nnn(-c3nonc3N)c2C)cc1Cn1nc([N+](=O)[O-])c(Cl)c1C. The van der Waals surface area contributed by atoms with Gasteiger partial charge in [-0.15, -0.1) is 5.10 Å². The second-order valence-electron chi connectivity index (χ2n) is 7.32. The number of nitrogen functional groups attached to an aromatic ring is 1. The van der Waals surface area contributed by atoms with Gasteiger partial charge in [-0.25, -0.2) is 10.1 Å². The fourth-order valence-electron chi connectivity index (χ4n) is 3.24. The molecule has 4 aromatic rings. The van der Waals surface area contributed by atoms with Crippen molar-refractivity contribution in [1.29, 1.82) is 0 Å². The van der Waals surface area contributed by atoms with E-state index in [2.05, 4.69) is 40.9 Å². The summed E-state index contributed by atoms with van der Waals surface area (Å²) in [4.78, 5) is 23.0. The number of halogens is 1. The molecule has 0 atom stereocenters. The number of nitrogens with zero attached hydrogens (tertiary/aromatic N) is 9. The standard InChI is InChI=1S/C19H18ClN11O5/c1-9-14(20)17(31(33)34)25-29(9)8-12-6-11(4-5-13(12)35-3)7-22-24-19(32)15-10(2)30(28-23-15)18-16(21)26-36-27-18/h4-7H,8H2,1-3H3,(H2,21,26)(H,24,32)/b22-7-. The summed E-state index contributed by atoms with van der Waals surface area (Å²) in [6.45, 7) is 3.37. The van der Waals surface area contributed by atoms with Crippen LogP contribution in [0.5, 0.6) is 5.75 Å². The van der Waals surface area contributed by atoms with Gasteiger partial charge in [-0.05, 0) is 52.8 Å². The van der Waals surface area contributed by atoms with Gasteiger partial charge in [0.05, 0.1) is 36.4 Å². The Labute approximate surface area is 206 Å². The van der Waals surface area contributed by atoms with Crippen molar-refractivity contribution >= 4 is 35.4 Å². The first-order valence-electron chi connectivity index (χ1n) is 10.1. The highest BCUT2D eigenvalue weighted by atomic mass is 35.5. The topological polar surface area (TPSA) is 207 Å². The Morgan fingerprint density at radius 1 is 1.36 bits per heavy atom. The molecule has 0 saturated carbocycles. The van der Waals surface area contributed by atoms with Crippen LogP contribution in [0.3, 0.4) is 0 Å². The molecule has 0 bridgehead atoms. The second kappa shape index (κ2) is 9.79. The lowest BCUT2D eigenvalue weighted by Crippen LogP contribution is -2.19. The predicted octanol–water partition coefficient (Wildman–Crippen LogP) is 1.43. The summed E-state index contributed by atoms with van der Waals surface area (Å²) in [6, 6.07) is 5.14. The highest BCUT2D eigenvalue weighted by Crippen LogP contribution is 2.28. The molecule has 4 rings (SSSR count). The predicted molar refractivity (Wildman–Crippen MR) is 124 cm³/mol. The van der Waals surface area contributed by atoms with E-state index >= 15 is 0 Å². The van der Waals surface area contributed by atoms with E-state index in [1.165, 1.54) is 22.7 Å². The molecule has 0 saturated heterocycles. The number of nitro groups is 1. The Kier molecular flexibility index (Phi) is 6.60. The number of nitrogens with two attached hydrogens (primary N) is 1. The van der Waals surface area contributed by atoms with Crippen molar-refractivity contribution in [3.05, 3.63) is 61.5 Å². The molecule has 3 heterocycles. The normalized spacial score (nSPS) is 11.2. The number of benzene rings is 1. The van der Waals surface area contributed by atoms with E-state index in [9.17, 15) is 14.9 Å². The van der Waals surface area contributed by atoms with Crippen LogP contribution in [0.2, 0.25) is 5.02 Å². The number of methoxy groups -OCH3 is 1. The average Bonchev–Trinajstić information content (AvgIpc) is 3.52. The maximum Gasteiger partial charge on any atom is 0.408 e. The largest absolute Gasteiger partial charge is 0.496 e. The molecular formula is C19H18ClN11O5. The molecule has 0 aliphatic rings. The smallest absolute Gasteiger partial charge is 0.408 e. The lowest BCUT2D eigenvalue weighted by molar-refractivity contribution is -0.389. The first-order valence-corrected chi connectivity index (χ1v) is 10.5. The van der Waals surface area contributed by atoms with E-state index < -0.39 is 16.6 Å². The van der Waals surface area contributed by atoms with Crippen molar-refractivity contribution in [2.24, 2.45) is 5.10 Å². The van der Waals surface area contributed by atoms with E-state index in [4.69, 9.17) is 22.1 Å². The first-order chi connectivity index (χ1) is 17.2. The summed E-state index contributed by atoms with van der Waals surface area (Å²) in [5.41, 5.74) is 10.1. The van der Waals surface area contributed by atoms with Crippen LogP contribution in [-0.2, 0) is 6.54 Å². The summed E-state index contributed by atoms with van der Waals surface area (Å²) in [6.07, 6.45) is 1.41. The van der Waals surface area contributed by atoms with Crippen LogP contribution in [0.1, 0.15) is 33.0 Å². The van der Waals surface area contributed by atoms with Crippen molar-refractivity contribution in [2.75, 3.05) is 12.8 Å². The van der Waals surface area contributed by atoms with Crippen LogP contribution in [0, 0.1) is 24.0 Å². The lowest BCUT2D eigenvalue weighted by Gasteiger charge is -2.09. The number of carbonyl (C=O) groups is 1. The first kappa shape index (κ1) is 24.3. The van der Waals surface area contributed by atoms with Gasteiger partial charge in [0.2, 0.25) is 11.6 Å². The molecule has 0 unspecified atom stereocenters. The minimum Gasteiger partial charge on any atom is -0.496 e. The summed E-state index contributed by atoms with van der Waals surface area (Å²) >= 11 is 6.03. The Hall–Kier alpha value is -4.86. The van der Waals surface area contributed by atoms with Crippen LogP contribution in [0.25, 0.3) is 5.82 Å². The third-order valence-electron chi connectivity index (χ3n) is 5.10. The number of amides is 1. The van der Waals surface area contributed by atoms with E-state index in [0.29, 0.717) is 28.3 Å². The van der Waals surface area contributed by atoms with Crippen molar-refractivity contribution in [3.63, 3.8) is 0 Å². The van der Waals surface area contributed by atoms with E-state index in [-0.39, 0.29) is 28.9 Å². The highest BCUT2D eigenvalue weighted by molar-refractivity contribution is 6.33. The maximum absolute atomic E-state index is 12.5.